The van der Waals surface area contributed by atoms with Crippen LogP contribution >= 0.6 is 11.6 Å². The summed E-state index contributed by atoms with van der Waals surface area (Å²) in [6, 6.07) is 1.76. The number of fused-ring (bicyclic) bond motifs is 2. The molecule has 29 heavy (non-hydrogen) atoms. The Kier molecular flexibility index (Phi) is 5.18. The SMILES string of the molecule is Cc1cc(Nc2ncnc(N)c2Cl)c(=O)n2c1CNC21CCN(CC(F)F)CC1. The first-order valence-corrected chi connectivity index (χ1v) is 9.73. The molecule has 4 heterocycles. The van der Waals surface area contributed by atoms with Gasteiger partial charge in [-0.05, 0) is 31.4 Å². The predicted molar refractivity (Wildman–Crippen MR) is 107 cm³/mol. The van der Waals surface area contributed by atoms with Crippen LogP contribution in [0.4, 0.5) is 26.1 Å². The number of nitrogens with one attached hydrogen (secondary N) is 2. The number of alkyl halides is 2. The molecule has 0 saturated carbocycles. The first kappa shape index (κ1) is 20.0. The number of likely N-dealkylation sites (tertiary alicyclic amines) is 1. The summed E-state index contributed by atoms with van der Waals surface area (Å²) in [5.74, 6) is 0.370. The highest BCUT2D eigenvalue weighted by molar-refractivity contribution is 6.35. The summed E-state index contributed by atoms with van der Waals surface area (Å²) in [6.45, 7) is 3.23. The molecule has 4 N–H and O–H groups in total. The lowest BCUT2D eigenvalue weighted by atomic mass is 9.96. The van der Waals surface area contributed by atoms with Gasteiger partial charge < -0.3 is 11.1 Å². The van der Waals surface area contributed by atoms with E-state index >= 15 is 0 Å². The maximum absolute atomic E-state index is 13.4. The van der Waals surface area contributed by atoms with Crippen LogP contribution < -0.4 is 21.9 Å². The molecule has 0 unspecified atom stereocenters. The van der Waals surface area contributed by atoms with Crippen LogP contribution in [0.2, 0.25) is 5.02 Å². The van der Waals surface area contributed by atoms with E-state index in [2.05, 4.69) is 20.6 Å². The quantitative estimate of drug-likeness (QED) is 0.689. The average Bonchev–Trinajstić information content (AvgIpc) is 3.04. The van der Waals surface area contributed by atoms with Gasteiger partial charge in [0, 0.05) is 25.3 Å². The van der Waals surface area contributed by atoms with Crippen LogP contribution in [0.15, 0.2) is 17.2 Å². The second-order valence-electron chi connectivity index (χ2n) is 7.45. The average molecular weight is 426 g/mol. The number of halogens is 3. The summed E-state index contributed by atoms with van der Waals surface area (Å²) >= 11 is 6.15. The zero-order valence-electron chi connectivity index (χ0n) is 15.9. The number of aromatic nitrogens is 3. The molecular formula is C18H22ClF2N7O. The second-order valence-corrected chi connectivity index (χ2v) is 7.83. The predicted octanol–water partition coefficient (Wildman–Crippen LogP) is 2.04. The summed E-state index contributed by atoms with van der Waals surface area (Å²) in [5.41, 5.74) is 7.08. The molecule has 0 bridgehead atoms. The maximum Gasteiger partial charge on any atom is 0.276 e. The van der Waals surface area contributed by atoms with Gasteiger partial charge in [0.1, 0.15) is 28.5 Å². The minimum atomic E-state index is -2.36. The Balaban J connectivity index is 1.68. The van der Waals surface area contributed by atoms with E-state index in [1.165, 1.54) is 6.33 Å². The van der Waals surface area contributed by atoms with Crippen molar-refractivity contribution in [2.75, 3.05) is 30.7 Å². The van der Waals surface area contributed by atoms with Crippen molar-refractivity contribution in [1.82, 2.24) is 24.8 Å². The fourth-order valence-corrected chi connectivity index (χ4v) is 4.31. The largest absolute Gasteiger partial charge is 0.382 e. The van der Waals surface area contributed by atoms with Gasteiger partial charge in [-0.15, -0.1) is 0 Å². The first-order valence-electron chi connectivity index (χ1n) is 9.35. The highest BCUT2D eigenvalue weighted by atomic mass is 35.5. The van der Waals surface area contributed by atoms with Crippen LogP contribution in [0, 0.1) is 6.92 Å². The molecule has 1 spiro atoms. The van der Waals surface area contributed by atoms with Gasteiger partial charge in [0.25, 0.3) is 12.0 Å². The highest BCUT2D eigenvalue weighted by Crippen LogP contribution is 2.35. The second kappa shape index (κ2) is 7.51. The van der Waals surface area contributed by atoms with Crippen molar-refractivity contribution in [1.29, 1.82) is 0 Å². The molecule has 0 aromatic carbocycles. The van der Waals surface area contributed by atoms with Crippen molar-refractivity contribution in [2.45, 2.75) is 38.4 Å². The molecule has 156 valence electrons. The number of nitrogens with two attached hydrogens (primary N) is 1. The number of rotatable bonds is 4. The lowest BCUT2D eigenvalue weighted by Gasteiger charge is -2.40. The summed E-state index contributed by atoms with van der Waals surface area (Å²) in [4.78, 5) is 23.0. The molecule has 2 aliphatic heterocycles. The summed E-state index contributed by atoms with van der Waals surface area (Å²) in [6.07, 6.45) is 0.0371. The van der Waals surface area contributed by atoms with E-state index < -0.39 is 12.1 Å². The van der Waals surface area contributed by atoms with Crippen molar-refractivity contribution in [3.63, 3.8) is 0 Å². The number of aryl methyl sites for hydroxylation is 1. The molecule has 11 heteroatoms. The van der Waals surface area contributed by atoms with Gasteiger partial charge in [-0.25, -0.2) is 18.7 Å². The van der Waals surface area contributed by atoms with E-state index in [1.54, 1.807) is 15.5 Å². The molecule has 2 aliphatic rings. The Morgan fingerprint density at radius 1 is 1.38 bits per heavy atom. The van der Waals surface area contributed by atoms with Crippen LogP contribution in [-0.4, -0.2) is 45.5 Å². The van der Waals surface area contributed by atoms with E-state index in [0.717, 1.165) is 11.3 Å². The smallest absolute Gasteiger partial charge is 0.276 e. The first-order chi connectivity index (χ1) is 13.8. The Bertz CT molecular complexity index is 989. The molecule has 2 aromatic rings. The molecule has 0 radical (unpaired) electrons. The van der Waals surface area contributed by atoms with Crippen LogP contribution in [0.25, 0.3) is 0 Å². The summed E-state index contributed by atoms with van der Waals surface area (Å²) in [7, 11) is 0. The van der Waals surface area contributed by atoms with Gasteiger partial charge in [0.05, 0.1) is 6.54 Å². The molecule has 8 nitrogen and oxygen atoms in total. The third-order valence-corrected chi connectivity index (χ3v) is 6.05. The van der Waals surface area contributed by atoms with E-state index in [0.29, 0.717) is 38.2 Å². The molecular weight excluding hydrogens is 404 g/mol. The molecule has 0 amide bonds. The van der Waals surface area contributed by atoms with E-state index in [-0.39, 0.29) is 28.8 Å². The highest BCUT2D eigenvalue weighted by Gasteiger charge is 2.42. The maximum atomic E-state index is 13.4. The van der Waals surface area contributed by atoms with E-state index in [1.807, 2.05) is 6.92 Å². The lowest BCUT2D eigenvalue weighted by Crippen LogP contribution is -2.54. The molecule has 2 aromatic heterocycles. The fraction of sp³-hybridized carbons (Fsp3) is 0.500. The number of nitrogen functional groups attached to an aromatic ring is 1. The molecule has 0 atom stereocenters. The van der Waals surface area contributed by atoms with Crippen molar-refractivity contribution >= 4 is 28.9 Å². The van der Waals surface area contributed by atoms with Crippen LogP contribution in [0.3, 0.4) is 0 Å². The summed E-state index contributed by atoms with van der Waals surface area (Å²) in [5, 5.41) is 6.57. The number of hydrogen-bond acceptors (Lipinski definition) is 7. The van der Waals surface area contributed by atoms with E-state index in [9.17, 15) is 13.6 Å². The topological polar surface area (TPSA) is 101 Å². The molecule has 0 aliphatic carbocycles. The van der Waals surface area contributed by atoms with Gasteiger partial charge >= 0.3 is 0 Å². The molecule has 1 fully saturated rings. The number of hydrogen-bond donors (Lipinski definition) is 3. The molecule has 1 saturated heterocycles. The van der Waals surface area contributed by atoms with Gasteiger partial charge in [-0.3, -0.25) is 19.6 Å². The van der Waals surface area contributed by atoms with Crippen LogP contribution in [0.1, 0.15) is 24.1 Å². The van der Waals surface area contributed by atoms with Crippen molar-refractivity contribution < 1.29 is 8.78 Å². The summed E-state index contributed by atoms with van der Waals surface area (Å²) < 4.78 is 27.2. The van der Waals surface area contributed by atoms with Gasteiger partial charge in [-0.2, -0.15) is 0 Å². The van der Waals surface area contributed by atoms with Gasteiger partial charge in [0.15, 0.2) is 5.82 Å². The minimum absolute atomic E-state index is 0.117. The van der Waals surface area contributed by atoms with Gasteiger partial charge in [0.2, 0.25) is 0 Å². The van der Waals surface area contributed by atoms with Crippen molar-refractivity contribution in [3.05, 3.63) is 39.0 Å². The Morgan fingerprint density at radius 3 is 2.79 bits per heavy atom. The lowest BCUT2D eigenvalue weighted by molar-refractivity contribution is 0.0402. The number of nitrogens with zero attached hydrogens (tertiary/aromatic N) is 4. The van der Waals surface area contributed by atoms with Gasteiger partial charge in [-0.1, -0.05) is 11.6 Å². The Morgan fingerprint density at radius 2 is 2.10 bits per heavy atom. The number of anilines is 3. The van der Waals surface area contributed by atoms with Crippen LogP contribution in [-0.2, 0) is 12.2 Å². The van der Waals surface area contributed by atoms with Crippen molar-refractivity contribution in [2.24, 2.45) is 0 Å². The Hall–Kier alpha value is -2.30. The third kappa shape index (κ3) is 3.56. The minimum Gasteiger partial charge on any atom is -0.382 e. The normalized spacial score (nSPS) is 18.4. The fourth-order valence-electron chi connectivity index (χ4n) is 4.17. The third-order valence-electron chi connectivity index (χ3n) is 5.68. The monoisotopic (exact) mass is 425 g/mol. The zero-order valence-corrected chi connectivity index (χ0v) is 16.6. The standard InChI is InChI=1S/C18H22ClF2N7O/c1-10-6-11(26-16-14(19)15(22)23-9-24-16)17(29)28-12(10)7-25-18(28)2-4-27(5-3-18)8-13(20)21/h6,9,13,25H,2-5,7-8H2,1H3,(H3,22,23,24,26). The van der Waals surface area contributed by atoms with Crippen LogP contribution in [0.5, 0.6) is 0 Å². The number of pyridine rings is 1. The molecule has 4 rings (SSSR count). The zero-order chi connectivity index (χ0) is 20.8. The van der Waals surface area contributed by atoms with E-state index in [4.69, 9.17) is 17.3 Å². The number of piperidine rings is 1. The van der Waals surface area contributed by atoms with Crippen molar-refractivity contribution in [3.8, 4) is 0 Å². The Labute approximate surface area is 171 Å².